The second kappa shape index (κ2) is 15.0. The number of hydrogen-bond donors (Lipinski definition) is 4. The zero-order chi connectivity index (χ0) is 34.4. The maximum atomic E-state index is 15.4. The first kappa shape index (κ1) is 35.4. The minimum absolute atomic E-state index is 0.0391. The van der Waals surface area contributed by atoms with Gasteiger partial charge in [0.2, 0.25) is 21.7 Å². The molecule has 0 radical (unpaired) electrons. The highest BCUT2D eigenvalue weighted by molar-refractivity contribution is 7.89. The Morgan fingerprint density at radius 2 is 1.51 bits per heavy atom. The number of rotatable bonds is 13. The lowest BCUT2D eigenvalue weighted by atomic mass is 10.00. The van der Waals surface area contributed by atoms with Crippen LogP contribution in [-0.4, -0.2) is 30.9 Å². The molecular formula is C35H40F3N5O3S. The van der Waals surface area contributed by atoms with Crippen molar-refractivity contribution in [1.29, 1.82) is 0 Å². The summed E-state index contributed by atoms with van der Waals surface area (Å²) in [6.07, 6.45) is 0.185. The summed E-state index contributed by atoms with van der Waals surface area (Å²) in [6, 6.07) is 21.6. The molecule has 4 N–H and O–H groups in total. The number of aromatic nitrogens is 1. The second-order valence-corrected chi connectivity index (χ2v) is 14.4. The third kappa shape index (κ3) is 9.79. The van der Waals surface area contributed by atoms with Crippen molar-refractivity contribution in [2.45, 2.75) is 70.5 Å². The summed E-state index contributed by atoms with van der Waals surface area (Å²) in [5.41, 5.74) is 0.976. The topological polar surface area (TPSA) is 112 Å². The Bertz CT molecular complexity index is 1800. The molecule has 0 aliphatic carbocycles. The van der Waals surface area contributed by atoms with Gasteiger partial charge in [-0.2, -0.15) is 13.8 Å². The molecule has 0 aliphatic heterocycles. The number of anilines is 3. The number of carbonyl (C=O) groups excluding carboxylic acids is 1. The van der Waals surface area contributed by atoms with Gasteiger partial charge in [0.25, 0.3) is 5.95 Å². The molecule has 3 aromatic carbocycles. The van der Waals surface area contributed by atoms with Crippen LogP contribution in [0.3, 0.4) is 0 Å². The zero-order valence-electron chi connectivity index (χ0n) is 27.0. The number of amides is 1. The molecule has 250 valence electrons. The standard InChI is InChI=1S/C35H40F3N5O3S/c1-22(2)19-26(41-32-30(36)33(38)42-34(31(32)37)39-21-23-11-7-6-8-12-23)20-29(44)40-25-17-15-24(16-18-25)27-13-9-10-14-28(27)47(45,46)43-35(3,4)5/h6-18,22,26,43H,19-21H2,1-5H3,(H,40,44)(H2,39,41,42)/t26-/m0/s1. The molecule has 0 fully saturated rings. The summed E-state index contributed by atoms with van der Waals surface area (Å²) in [4.78, 5) is 16.6. The fraction of sp³-hybridized carbons (Fsp3) is 0.314. The van der Waals surface area contributed by atoms with Gasteiger partial charge in [-0.3, -0.25) is 4.79 Å². The van der Waals surface area contributed by atoms with Crippen LogP contribution < -0.4 is 20.7 Å². The normalized spacial score (nSPS) is 12.5. The molecule has 0 bridgehead atoms. The first-order chi connectivity index (χ1) is 22.1. The fourth-order valence-electron chi connectivity index (χ4n) is 5.07. The van der Waals surface area contributed by atoms with Crippen molar-refractivity contribution in [3.8, 4) is 11.1 Å². The summed E-state index contributed by atoms with van der Waals surface area (Å²) < 4.78 is 73.6. The minimum atomic E-state index is -3.81. The Balaban J connectivity index is 1.49. The van der Waals surface area contributed by atoms with Gasteiger partial charge in [-0.15, -0.1) is 0 Å². The monoisotopic (exact) mass is 667 g/mol. The van der Waals surface area contributed by atoms with Crippen molar-refractivity contribution < 1.29 is 26.4 Å². The van der Waals surface area contributed by atoms with Crippen LogP contribution in [0.2, 0.25) is 0 Å². The predicted octanol–water partition coefficient (Wildman–Crippen LogP) is 7.71. The van der Waals surface area contributed by atoms with Gasteiger partial charge in [-0.1, -0.05) is 74.5 Å². The number of nitrogens with one attached hydrogen (secondary N) is 4. The van der Waals surface area contributed by atoms with E-state index in [1.54, 1.807) is 87.5 Å². The molecule has 8 nitrogen and oxygen atoms in total. The largest absolute Gasteiger partial charge is 0.377 e. The Morgan fingerprint density at radius 1 is 0.872 bits per heavy atom. The molecule has 4 aromatic rings. The van der Waals surface area contributed by atoms with Crippen LogP contribution in [0.5, 0.6) is 0 Å². The number of pyridine rings is 1. The third-order valence-corrected chi connectivity index (χ3v) is 8.79. The maximum absolute atomic E-state index is 15.4. The summed E-state index contributed by atoms with van der Waals surface area (Å²) in [6.45, 7) is 9.21. The average Bonchev–Trinajstić information content (AvgIpc) is 3.00. The molecule has 1 aromatic heterocycles. The van der Waals surface area contributed by atoms with Crippen molar-refractivity contribution in [3.05, 3.63) is 102 Å². The number of nitrogens with zero attached hydrogens (tertiary/aromatic N) is 1. The highest BCUT2D eigenvalue weighted by atomic mass is 32.2. The quantitative estimate of drug-likeness (QED) is 0.109. The van der Waals surface area contributed by atoms with Crippen LogP contribution in [0, 0.1) is 23.5 Å². The van der Waals surface area contributed by atoms with E-state index in [9.17, 15) is 22.0 Å². The van der Waals surface area contributed by atoms with Gasteiger partial charge in [0.05, 0.1) is 4.90 Å². The smallest absolute Gasteiger partial charge is 0.253 e. The van der Waals surface area contributed by atoms with E-state index in [0.29, 0.717) is 23.2 Å². The van der Waals surface area contributed by atoms with Crippen LogP contribution in [0.4, 0.5) is 30.4 Å². The van der Waals surface area contributed by atoms with E-state index < -0.39 is 56.6 Å². The predicted molar refractivity (Wildman–Crippen MR) is 180 cm³/mol. The van der Waals surface area contributed by atoms with Gasteiger partial charge in [0.1, 0.15) is 5.69 Å². The molecule has 0 saturated heterocycles. The zero-order valence-corrected chi connectivity index (χ0v) is 27.8. The highest BCUT2D eigenvalue weighted by Crippen LogP contribution is 2.30. The van der Waals surface area contributed by atoms with Crippen LogP contribution in [0.25, 0.3) is 11.1 Å². The number of sulfonamides is 1. The van der Waals surface area contributed by atoms with E-state index in [2.05, 4.69) is 25.7 Å². The fourth-order valence-corrected chi connectivity index (χ4v) is 6.72. The molecule has 47 heavy (non-hydrogen) atoms. The Labute approximate surface area is 274 Å². The van der Waals surface area contributed by atoms with Crippen molar-refractivity contribution in [2.75, 3.05) is 16.0 Å². The van der Waals surface area contributed by atoms with E-state index in [1.807, 2.05) is 19.9 Å². The summed E-state index contributed by atoms with van der Waals surface area (Å²) in [5.74, 6) is -4.89. The molecule has 4 rings (SSSR count). The number of hydrogen-bond acceptors (Lipinski definition) is 6. The van der Waals surface area contributed by atoms with Crippen molar-refractivity contribution in [1.82, 2.24) is 9.71 Å². The molecule has 0 spiro atoms. The molecule has 0 unspecified atom stereocenters. The summed E-state index contributed by atoms with van der Waals surface area (Å²) in [7, 11) is -3.81. The SMILES string of the molecule is CC(C)C[C@@H](CC(=O)Nc1ccc(-c2ccccc2S(=O)(=O)NC(C)(C)C)cc1)Nc1c(F)c(F)nc(NCc2ccccc2)c1F. The second-order valence-electron chi connectivity index (χ2n) is 12.7. The Morgan fingerprint density at radius 3 is 2.15 bits per heavy atom. The van der Waals surface area contributed by atoms with Crippen molar-refractivity contribution in [2.24, 2.45) is 5.92 Å². The van der Waals surface area contributed by atoms with Gasteiger partial charge in [0.15, 0.2) is 11.6 Å². The van der Waals surface area contributed by atoms with E-state index in [0.717, 1.165) is 5.56 Å². The van der Waals surface area contributed by atoms with Crippen LogP contribution >= 0.6 is 0 Å². The molecule has 12 heteroatoms. The van der Waals surface area contributed by atoms with E-state index >= 15 is 4.39 Å². The van der Waals surface area contributed by atoms with Gasteiger partial charge < -0.3 is 16.0 Å². The van der Waals surface area contributed by atoms with E-state index in [4.69, 9.17) is 0 Å². The first-order valence-electron chi connectivity index (χ1n) is 15.2. The molecular weight excluding hydrogens is 627 g/mol. The molecule has 0 aliphatic rings. The van der Waals surface area contributed by atoms with Crippen LogP contribution in [0.15, 0.2) is 83.8 Å². The minimum Gasteiger partial charge on any atom is -0.377 e. The first-order valence-corrected chi connectivity index (χ1v) is 16.7. The van der Waals surface area contributed by atoms with E-state index in [1.165, 1.54) is 6.07 Å². The number of carbonyl (C=O) groups is 1. The van der Waals surface area contributed by atoms with Crippen molar-refractivity contribution >= 4 is 33.1 Å². The maximum Gasteiger partial charge on any atom is 0.253 e. The lowest BCUT2D eigenvalue weighted by molar-refractivity contribution is -0.116. The highest BCUT2D eigenvalue weighted by Gasteiger charge is 2.26. The van der Waals surface area contributed by atoms with Crippen LogP contribution in [-0.2, 0) is 21.4 Å². The third-order valence-electron chi connectivity index (χ3n) is 6.97. The Kier molecular flexibility index (Phi) is 11.3. The van der Waals surface area contributed by atoms with Crippen molar-refractivity contribution in [3.63, 3.8) is 0 Å². The van der Waals surface area contributed by atoms with Gasteiger partial charge in [0, 0.05) is 35.8 Å². The number of halogens is 3. The van der Waals surface area contributed by atoms with Gasteiger partial charge in [-0.05, 0) is 62.4 Å². The molecule has 1 amide bonds. The van der Waals surface area contributed by atoms with E-state index in [-0.39, 0.29) is 23.8 Å². The van der Waals surface area contributed by atoms with Gasteiger partial charge in [-0.25, -0.2) is 17.5 Å². The molecule has 1 heterocycles. The molecule has 0 saturated carbocycles. The summed E-state index contributed by atoms with van der Waals surface area (Å²) in [5, 5.41) is 8.21. The lowest BCUT2D eigenvalue weighted by Crippen LogP contribution is -2.40. The number of benzene rings is 3. The molecule has 1 atom stereocenters. The average molecular weight is 668 g/mol. The van der Waals surface area contributed by atoms with Crippen LogP contribution in [0.1, 0.15) is 53.0 Å². The summed E-state index contributed by atoms with van der Waals surface area (Å²) >= 11 is 0. The lowest BCUT2D eigenvalue weighted by Gasteiger charge is -2.23. The van der Waals surface area contributed by atoms with Gasteiger partial charge >= 0.3 is 0 Å². The Hall–Kier alpha value is -4.42.